The van der Waals surface area contributed by atoms with Gasteiger partial charge < -0.3 is 19.8 Å². The van der Waals surface area contributed by atoms with Crippen LogP contribution in [0.25, 0.3) is 5.57 Å². The molecular weight excluding hydrogens is 322 g/mol. The summed E-state index contributed by atoms with van der Waals surface area (Å²) in [5.41, 5.74) is 2.22. The lowest BCUT2D eigenvalue weighted by Crippen LogP contribution is -2.25. The maximum absolute atomic E-state index is 9.10. The molecular formula is C14H19N3O5S. The molecule has 1 aromatic heterocycles. The van der Waals surface area contributed by atoms with E-state index < -0.39 is 11.9 Å². The van der Waals surface area contributed by atoms with Gasteiger partial charge in [-0.1, -0.05) is 6.08 Å². The molecule has 3 rings (SSSR count). The average Bonchev–Trinajstić information content (AvgIpc) is 3.22. The fourth-order valence-corrected chi connectivity index (χ4v) is 2.55. The Morgan fingerprint density at radius 2 is 2.04 bits per heavy atom. The van der Waals surface area contributed by atoms with Crippen molar-refractivity contribution in [3.05, 3.63) is 11.8 Å². The first-order chi connectivity index (χ1) is 11.0. The highest BCUT2D eigenvalue weighted by molar-refractivity contribution is 6.99. The van der Waals surface area contributed by atoms with Gasteiger partial charge in [-0.2, -0.15) is 4.37 Å². The first kappa shape index (κ1) is 17.4. The summed E-state index contributed by atoms with van der Waals surface area (Å²) < 4.78 is 14.4. The number of hydrogen-bond acceptors (Lipinski definition) is 7. The van der Waals surface area contributed by atoms with Crippen molar-refractivity contribution in [2.45, 2.75) is 19.3 Å². The smallest absolute Gasteiger partial charge is 0.414 e. The van der Waals surface area contributed by atoms with Crippen LogP contribution in [-0.2, 0) is 9.59 Å². The van der Waals surface area contributed by atoms with Gasteiger partial charge in [-0.25, -0.2) is 9.59 Å². The highest BCUT2D eigenvalue weighted by Gasteiger charge is 2.24. The Hall–Kier alpha value is -2.00. The molecule has 9 heteroatoms. The van der Waals surface area contributed by atoms with Crippen LogP contribution in [0.2, 0.25) is 0 Å². The van der Waals surface area contributed by atoms with E-state index in [-0.39, 0.29) is 0 Å². The topological polar surface area (TPSA) is 113 Å². The fraction of sp³-hybridized carbons (Fsp3) is 0.571. The van der Waals surface area contributed by atoms with E-state index in [2.05, 4.69) is 26.8 Å². The molecule has 8 nitrogen and oxygen atoms in total. The lowest BCUT2D eigenvalue weighted by atomic mass is 10.1. The van der Waals surface area contributed by atoms with E-state index in [1.54, 1.807) is 0 Å². The summed E-state index contributed by atoms with van der Waals surface area (Å²) in [6.45, 7) is 2.88. The van der Waals surface area contributed by atoms with E-state index in [1.807, 2.05) is 0 Å². The number of carbonyl (C=O) groups is 2. The van der Waals surface area contributed by atoms with Crippen LogP contribution in [0.1, 0.15) is 25.0 Å². The number of aromatic nitrogens is 2. The van der Waals surface area contributed by atoms with E-state index in [0.717, 1.165) is 43.6 Å². The average molecular weight is 341 g/mol. The molecule has 0 spiro atoms. The Kier molecular flexibility index (Phi) is 6.05. The van der Waals surface area contributed by atoms with Crippen LogP contribution in [-0.4, -0.2) is 62.5 Å². The summed E-state index contributed by atoms with van der Waals surface area (Å²) in [5.74, 6) is -2.15. The van der Waals surface area contributed by atoms with Crippen molar-refractivity contribution in [2.24, 2.45) is 5.92 Å². The number of rotatable bonds is 4. The van der Waals surface area contributed by atoms with Gasteiger partial charge in [-0.15, -0.1) is 4.37 Å². The van der Waals surface area contributed by atoms with E-state index in [0.29, 0.717) is 0 Å². The Morgan fingerprint density at radius 3 is 2.61 bits per heavy atom. The molecule has 0 radical (unpaired) electrons. The van der Waals surface area contributed by atoms with Crippen molar-refractivity contribution < 1.29 is 24.5 Å². The largest absolute Gasteiger partial charge is 0.475 e. The number of hydrogen-bond donors (Lipinski definition) is 2. The lowest BCUT2D eigenvalue weighted by molar-refractivity contribution is -0.159. The van der Waals surface area contributed by atoms with Crippen LogP contribution < -0.4 is 4.74 Å². The summed E-state index contributed by atoms with van der Waals surface area (Å²) in [6.07, 6.45) is 5.96. The van der Waals surface area contributed by atoms with E-state index >= 15 is 0 Å². The van der Waals surface area contributed by atoms with Crippen molar-refractivity contribution in [1.29, 1.82) is 0 Å². The second kappa shape index (κ2) is 8.02. The van der Waals surface area contributed by atoms with Crippen LogP contribution in [0.15, 0.2) is 6.08 Å². The fourth-order valence-electron chi connectivity index (χ4n) is 2.02. The highest BCUT2D eigenvalue weighted by Crippen LogP contribution is 2.32. The molecule has 1 fully saturated rings. The minimum atomic E-state index is -1.82. The second-order valence-electron chi connectivity index (χ2n) is 5.54. The third-order valence-corrected chi connectivity index (χ3v) is 3.95. The monoisotopic (exact) mass is 341 g/mol. The maximum atomic E-state index is 9.10. The van der Waals surface area contributed by atoms with Crippen molar-refractivity contribution in [3.8, 4) is 5.88 Å². The summed E-state index contributed by atoms with van der Waals surface area (Å²) in [4.78, 5) is 20.5. The number of nitrogens with zero attached hydrogens (tertiary/aromatic N) is 3. The summed E-state index contributed by atoms with van der Waals surface area (Å²) >= 11 is 1.25. The van der Waals surface area contributed by atoms with Gasteiger partial charge in [-0.05, 0) is 37.8 Å². The van der Waals surface area contributed by atoms with Crippen LogP contribution in [0, 0.1) is 5.92 Å². The molecule has 1 aromatic rings. The number of aliphatic carboxylic acids is 2. The van der Waals surface area contributed by atoms with Crippen molar-refractivity contribution in [3.63, 3.8) is 0 Å². The van der Waals surface area contributed by atoms with Gasteiger partial charge in [0.05, 0.1) is 18.3 Å². The molecule has 0 amide bonds. The SMILES string of the molecule is CN1CCC=C(c2nsnc2OCC2CC2)C1.O=C(O)C(=O)O. The predicted octanol–water partition coefficient (Wildman–Crippen LogP) is 1.20. The molecule has 1 aliphatic heterocycles. The molecule has 0 unspecified atom stereocenters. The number of carboxylic acids is 2. The molecule has 1 aliphatic carbocycles. The van der Waals surface area contributed by atoms with E-state index in [1.165, 1.54) is 30.1 Å². The number of carboxylic acid groups (broad SMARTS) is 2. The zero-order valence-electron chi connectivity index (χ0n) is 12.8. The molecule has 1 saturated carbocycles. The van der Waals surface area contributed by atoms with Crippen LogP contribution in [0.4, 0.5) is 0 Å². The quantitative estimate of drug-likeness (QED) is 0.786. The molecule has 0 atom stereocenters. The van der Waals surface area contributed by atoms with E-state index in [9.17, 15) is 0 Å². The van der Waals surface area contributed by atoms with Crippen molar-refractivity contribution in [1.82, 2.24) is 13.6 Å². The normalized spacial score (nSPS) is 17.7. The minimum Gasteiger partial charge on any atom is -0.475 e. The van der Waals surface area contributed by atoms with Gasteiger partial charge in [0.25, 0.3) is 5.88 Å². The van der Waals surface area contributed by atoms with Crippen molar-refractivity contribution >= 4 is 29.2 Å². The molecule has 2 aliphatic rings. The maximum Gasteiger partial charge on any atom is 0.414 e. The molecule has 0 saturated heterocycles. The summed E-state index contributed by atoms with van der Waals surface area (Å²) in [6, 6.07) is 0. The van der Waals surface area contributed by atoms with E-state index in [4.69, 9.17) is 24.5 Å². The Balaban J connectivity index is 0.000000277. The van der Waals surface area contributed by atoms with Gasteiger partial charge in [0, 0.05) is 13.1 Å². The molecule has 126 valence electrons. The van der Waals surface area contributed by atoms with Gasteiger partial charge in [0.2, 0.25) is 0 Å². The Morgan fingerprint density at radius 1 is 1.35 bits per heavy atom. The lowest BCUT2D eigenvalue weighted by Gasteiger charge is -2.22. The standard InChI is InChI=1S/C12H17N3OS.C2H2O4/c1-15-6-2-3-10(7-15)11-12(14-17-13-11)16-8-9-4-5-9;3-1(4)2(5)6/h3,9H,2,4-8H2,1H3;(H,3,4)(H,5,6). The van der Waals surface area contributed by atoms with Gasteiger partial charge in [-0.3, -0.25) is 0 Å². The molecule has 2 N–H and O–H groups in total. The van der Waals surface area contributed by atoms with Gasteiger partial charge in [0.1, 0.15) is 5.69 Å². The number of ether oxygens (including phenoxy) is 1. The highest BCUT2D eigenvalue weighted by atomic mass is 32.1. The van der Waals surface area contributed by atoms with Gasteiger partial charge >= 0.3 is 11.9 Å². The predicted molar refractivity (Wildman–Crippen MR) is 83.5 cm³/mol. The Labute approximate surface area is 137 Å². The minimum absolute atomic E-state index is 0.739. The van der Waals surface area contributed by atoms with Crippen LogP contribution in [0.3, 0.4) is 0 Å². The summed E-state index contributed by atoms with van der Waals surface area (Å²) in [5, 5.41) is 14.8. The van der Waals surface area contributed by atoms with Crippen molar-refractivity contribution in [2.75, 3.05) is 26.7 Å². The molecule has 23 heavy (non-hydrogen) atoms. The van der Waals surface area contributed by atoms with Crippen LogP contribution >= 0.6 is 11.7 Å². The first-order valence-corrected chi connectivity index (χ1v) is 8.00. The second-order valence-corrected chi connectivity index (χ2v) is 6.07. The molecule has 2 heterocycles. The first-order valence-electron chi connectivity index (χ1n) is 7.27. The zero-order valence-corrected chi connectivity index (χ0v) is 13.6. The third kappa shape index (κ3) is 5.61. The molecule has 0 bridgehead atoms. The van der Waals surface area contributed by atoms with Crippen LogP contribution in [0.5, 0.6) is 5.88 Å². The number of likely N-dealkylation sites (N-methyl/N-ethyl adjacent to an activating group) is 1. The Bertz CT molecular complexity index is 585. The van der Waals surface area contributed by atoms with Gasteiger partial charge in [0.15, 0.2) is 0 Å². The summed E-state index contributed by atoms with van der Waals surface area (Å²) in [7, 11) is 2.14. The zero-order chi connectivity index (χ0) is 16.8. The molecule has 0 aromatic carbocycles. The third-order valence-electron chi connectivity index (χ3n) is 3.44.